The van der Waals surface area contributed by atoms with E-state index in [2.05, 4.69) is 11.4 Å². The summed E-state index contributed by atoms with van der Waals surface area (Å²) in [6, 6.07) is 16.6. The van der Waals surface area contributed by atoms with E-state index in [1.54, 1.807) is 24.0 Å². The van der Waals surface area contributed by atoms with Crippen LogP contribution in [0.15, 0.2) is 54.6 Å². The van der Waals surface area contributed by atoms with Crippen LogP contribution in [0.3, 0.4) is 0 Å². The Balaban J connectivity index is 1.49. The van der Waals surface area contributed by atoms with Gasteiger partial charge in [-0.25, -0.2) is 4.79 Å². The summed E-state index contributed by atoms with van der Waals surface area (Å²) in [6.07, 6.45) is 0.782. The van der Waals surface area contributed by atoms with Crippen LogP contribution in [0.25, 0.3) is 0 Å². The van der Waals surface area contributed by atoms with E-state index in [4.69, 9.17) is 0 Å². The molecule has 27 heavy (non-hydrogen) atoms. The van der Waals surface area contributed by atoms with E-state index in [0.717, 1.165) is 16.9 Å². The Bertz CT molecular complexity index is 912. The van der Waals surface area contributed by atoms with Crippen molar-refractivity contribution in [2.45, 2.75) is 25.4 Å². The van der Waals surface area contributed by atoms with Crippen molar-refractivity contribution in [1.29, 1.82) is 0 Å². The van der Waals surface area contributed by atoms with Crippen LogP contribution in [-0.4, -0.2) is 40.7 Å². The average Bonchev–Trinajstić information content (AvgIpc) is 2.92. The molecule has 1 N–H and O–H groups in total. The molecule has 0 aliphatic carbocycles. The van der Waals surface area contributed by atoms with Gasteiger partial charge in [0.15, 0.2) is 0 Å². The number of rotatable bonds is 3. The maximum Gasteiger partial charge on any atom is 0.325 e. The molecule has 4 amide bonds. The van der Waals surface area contributed by atoms with Crippen molar-refractivity contribution in [2.75, 3.05) is 13.1 Å². The molecule has 2 aromatic carbocycles. The summed E-state index contributed by atoms with van der Waals surface area (Å²) in [4.78, 5) is 40.8. The molecule has 6 nitrogen and oxygen atoms in total. The van der Waals surface area contributed by atoms with Crippen LogP contribution in [0.4, 0.5) is 4.79 Å². The summed E-state index contributed by atoms with van der Waals surface area (Å²) >= 11 is 0. The van der Waals surface area contributed by atoms with Crippen molar-refractivity contribution < 1.29 is 14.4 Å². The minimum absolute atomic E-state index is 0.217. The van der Waals surface area contributed by atoms with Crippen LogP contribution < -0.4 is 5.32 Å². The Morgan fingerprint density at radius 1 is 1.04 bits per heavy atom. The number of amides is 4. The molecule has 1 fully saturated rings. The fourth-order valence-corrected chi connectivity index (χ4v) is 3.75. The maximum absolute atomic E-state index is 12.9. The molecule has 0 saturated carbocycles. The van der Waals surface area contributed by atoms with Gasteiger partial charge >= 0.3 is 6.03 Å². The van der Waals surface area contributed by atoms with Gasteiger partial charge in [0.25, 0.3) is 5.91 Å². The second-order valence-corrected chi connectivity index (χ2v) is 7.15. The highest BCUT2D eigenvalue weighted by atomic mass is 16.2. The lowest BCUT2D eigenvalue weighted by atomic mass is 9.92. The summed E-state index contributed by atoms with van der Waals surface area (Å²) in [5.41, 5.74) is 1.91. The molecule has 2 heterocycles. The fourth-order valence-electron chi connectivity index (χ4n) is 3.75. The topological polar surface area (TPSA) is 69.7 Å². The number of fused-ring (bicyclic) bond motifs is 1. The summed E-state index contributed by atoms with van der Waals surface area (Å²) in [5.74, 6) is -0.616. The number of urea groups is 1. The molecule has 2 aliphatic heterocycles. The zero-order chi connectivity index (χ0) is 19.0. The van der Waals surface area contributed by atoms with E-state index in [9.17, 15) is 14.4 Å². The number of hydrogen-bond donors (Lipinski definition) is 1. The monoisotopic (exact) mass is 363 g/mol. The predicted molar refractivity (Wildman–Crippen MR) is 99.6 cm³/mol. The maximum atomic E-state index is 12.9. The van der Waals surface area contributed by atoms with Gasteiger partial charge in [0.05, 0.1) is 0 Å². The first-order valence-electron chi connectivity index (χ1n) is 9.03. The second-order valence-electron chi connectivity index (χ2n) is 7.15. The molecule has 1 unspecified atom stereocenters. The highest BCUT2D eigenvalue weighted by Crippen LogP contribution is 2.28. The standard InChI is InChI=1S/C21H21N3O3/c1-21(17-9-3-2-4-10-17)19(26)24(20(27)22-21)14-18(25)23-12-11-15-7-5-6-8-16(15)13-23/h2-10H,11-14H2,1H3,(H,22,27). The molecular formula is C21H21N3O3. The van der Waals surface area contributed by atoms with E-state index in [0.29, 0.717) is 18.7 Å². The van der Waals surface area contributed by atoms with Gasteiger partial charge in [0.1, 0.15) is 12.1 Å². The molecule has 4 rings (SSSR count). The second kappa shape index (κ2) is 6.54. The smallest absolute Gasteiger partial charge is 0.325 e. The molecule has 0 spiro atoms. The third-order valence-corrected chi connectivity index (χ3v) is 5.40. The molecule has 2 aliphatic rings. The van der Waals surface area contributed by atoms with Crippen molar-refractivity contribution in [1.82, 2.24) is 15.1 Å². The quantitative estimate of drug-likeness (QED) is 0.849. The summed E-state index contributed by atoms with van der Waals surface area (Å²) in [6.45, 7) is 2.53. The van der Waals surface area contributed by atoms with Crippen LogP contribution in [0.5, 0.6) is 0 Å². The van der Waals surface area contributed by atoms with E-state index in [1.165, 1.54) is 5.56 Å². The fraction of sp³-hybridized carbons (Fsp3) is 0.286. The number of hydrogen-bond acceptors (Lipinski definition) is 3. The number of imide groups is 1. The van der Waals surface area contributed by atoms with Gasteiger partial charge in [0.2, 0.25) is 5.91 Å². The van der Waals surface area contributed by atoms with Gasteiger partial charge in [-0.2, -0.15) is 0 Å². The van der Waals surface area contributed by atoms with Gasteiger partial charge in [-0.3, -0.25) is 14.5 Å². The van der Waals surface area contributed by atoms with Crippen molar-refractivity contribution >= 4 is 17.8 Å². The van der Waals surface area contributed by atoms with Crippen LogP contribution in [0.1, 0.15) is 23.6 Å². The van der Waals surface area contributed by atoms with E-state index >= 15 is 0 Å². The van der Waals surface area contributed by atoms with Gasteiger partial charge in [-0.1, -0.05) is 54.6 Å². The van der Waals surface area contributed by atoms with E-state index in [-0.39, 0.29) is 12.5 Å². The molecule has 1 atom stereocenters. The van der Waals surface area contributed by atoms with Crippen LogP contribution in [0.2, 0.25) is 0 Å². The third kappa shape index (κ3) is 2.97. The number of nitrogens with one attached hydrogen (secondary N) is 1. The number of carbonyl (C=O) groups is 3. The minimum atomic E-state index is -1.15. The molecule has 0 radical (unpaired) electrons. The molecular weight excluding hydrogens is 342 g/mol. The molecule has 0 aromatic heterocycles. The Morgan fingerprint density at radius 3 is 2.44 bits per heavy atom. The Morgan fingerprint density at radius 2 is 1.70 bits per heavy atom. The lowest BCUT2D eigenvalue weighted by Crippen LogP contribution is -2.45. The van der Waals surface area contributed by atoms with Crippen molar-refractivity contribution in [3.8, 4) is 0 Å². The van der Waals surface area contributed by atoms with Crippen molar-refractivity contribution in [3.05, 3.63) is 71.3 Å². The van der Waals surface area contributed by atoms with Crippen LogP contribution in [0, 0.1) is 0 Å². The molecule has 2 aromatic rings. The lowest BCUT2D eigenvalue weighted by molar-refractivity contribution is -0.139. The highest BCUT2D eigenvalue weighted by Gasteiger charge is 2.49. The van der Waals surface area contributed by atoms with E-state index < -0.39 is 17.5 Å². The first-order valence-corrected chi connectivity index (χ1v) is 9.03. The normalized spacial score (nSPS) is 21.8. The molecule has 1 saturated heterocycles. The number of nitrogens with zero attached hydrogens (tertiary/aromatic N) is 2. The van der Waals surface area contributed by atoms with Crippen LogP contribution >= 0.6 is 0 Å². The highest BCUT2D eigenvalue weighted by molar-refractivity contribution is 6.09. The summed E-state index contributed by atoms with van der Waals surface area (Å²) < 4.78 is 0. The first-order chi connectivity index (χ1) is 13.0. The van der Waals surface area contributed by atoms with Crippen molar-refractivity contribution in [3.63, 3.8) is 0 Å². The largest absolute Gasteiger partial charge is 0.336 e. The van der Waals surface area contributed by atoms with Gasteiger partial charge in [0, 0.05) is 13.1 Å². The SMILES string of the molecule is CC1(c2ccccc2)NC(=O)N(CC(=O)N2CCc3ccccc3C2)C1=O. The van der Waals surface area contributed by atoms with Crippen molar-refractivity contribution in [2.24, 2.45) is 0 Å². The zero-order valence-electron chi connectivity index (χ0n) is 15.1. The lowest BCUT2D eigenvalue weighted by Gasteiger charge is -2.30. The average molecular weight is 363 g/mol. The zero-order valence-corrected chi connectivity index (χ0v) is 15.1. The molecule has 138 valence electrons. The number of carbonyl (C=O) groups excluding carboxylic acids is 3. The van der Waals surface area contributed by atoms with Crippen LogP contribution in [-0.2, 0) is 28.1 Å². The Labute approximate surface area is 157 Å². The van der Waals surface area contributed by atoms with Gasteiger partial charge in [-0.05, 0) is 30.0 Å². The minimum Gasteiger partial charge on any atom is -0.336 e. The first kappa shape index (κ1) is 17.3. The Hall–Kier alpha value is -3.15. The van der Waals surface area contributed by atoms with Gasteiger partial charge in [-0.15, -0.1) is 0 Å². The predicted octanol–water partition coefficient (Wildman–Crippen LogP) is 2.04. The Kier molecular flexibility index (Phi) is 4.18. The number of benzene rings is 2. The van der Waals surface area contributed by atoms with E-state index in [1.807, 2.05) is 36.4 Å². The summed E-state index contributed by atoms with van der Waals surface area (Å²) in [5, 5.41) is 2.74. The summed E-state index contributed by atoms with van der Waals surface area (Å²) in [7, 11) is 0. The molecule has 6 heteroatoms. The third-order valence-electron chi connectivity index (χ3n) is 5.40. The van der Waals surface area contributed by atoms with Gasteiger partial charge < -0.3 is 10.2 Å². The molecule has 0 bridgehead atoms.